The zero-order chi connectivity index (χ0) is 19.4. The van der Waals surface area contributed by atoms with Crippen molar-refractivity contribution in [2.75, 3.05) is 27.0 Å². The van der Waals surface area contributed by atoms with E-state index < -0.39 is 0 Å². The lowest BCUT2D eigenvalue weighted by molar-refractivity contribution is -0.0628. The zero-order valence-electron chi connectivity index (χ0n) is 15.7. The van der Waals surface area contributed by atoms with Crippen LogP contribution in [0.3, 0.4) is 0 Å². The van der Waals surface area contributed by atoms with Crippen molar-refractivity contribution in [1.29, 1.82) is 0 Å². The zero-order valence-corrected chi connectivity index (χ0v) is 17.4. The van der Waals surface area contributed by atoms with Crippen molar-refractivity contribution >= 4 is 44.9 Å². The first kappa shape index (κ1) is 20.3. The van der Waals surface area contributed by atoms with E-state index >= 15 is 0 Å². The molecule has 0 bridgehead atoms. The van der Waals surface area contributed by atoms with Gasteiger partial charge in [0, 0.05) is 20.5 Å². The predicted molar refractivity (Wildman–Crippen MR) is 108 cm³/mol. The second-order valence-corrected chi connectivity index (χ2v) is 9.05. The highest BCUT2D eigenvalue weighted by Crippen LogP contribution is 2.36. The number of hydrogen-bond acceptors (Lipinski definition) is 9. The van der Waals surface area contributed by atoms with Crippen LogP contribution in [0, 0.1) is 0 Å². The van der Waals surface area contributed by atoms with Crippen LogP contribution in [-0.4, -0.2) is 80.5 Å². The summed E-state index contributed by atoms with van der Waals surface area (Å²) in [7, 11) is 7.06. The fourth-order valence-corrected chi connectivity index (χ4v) is 4.31. The number of ether oxygens (including phenoxy) is 2. The summed E-state index contributed by atoms with van der Waals surface area (Å²) in [6, 6.07) is 0. The Morgan fingerprint density at radius 2 is 2.30 bits per heavy atom. The van der Waals surface area contributed by atoms with Gasteiger partial charge in [-0.25, -0.2) is 19.9 Å². The maximum Gasteiger partial charge on any atom is 0.184 e. The topological polar surface area (TPSA) is 97.9 Å². The van der Waals surface area contributed by atoms with E-state index in [1.54, 1.807) is 34.3 Å². The van der Waals surface area contributed by atoms with Gasteiger partial charge in [-0.3, -0.25) is 4.57 Å². The van der Waals surface area contributed by atoms with Crippen LogP contribution in [0.4, 0.5) is 5.82 Å². The van der Waals surface area contributed by atoms with Crippen LogP contribution in [0.5, 0.6) is 0 Å². The lowest BCUT2D eigenvalue weighted by atomic mass is 10.2. The number of aliphatic imine (C=N–C) groups is 1. The van der Waals surface area contributed by atoms with Crippen molar-refractivity contribution in [3.63, 3.8) is 0 Å². The number of rotatable bonds is 8. The van der Waals surface area contributed by atoms with E-state index in [1.807, 2.05) is 36.7 Å². The number of imidazole rings is 1. The third kappa shape index (κ3) is 4.72. The number of aliphatic hydroxyl groups is 1. The summed E-state index contributed by atoms with van der Waals surface area (Å²) < 4.78 is 13.9. The van der Waals surface area contributed by atoms with Crippen LogP contribution >= 0.6 is 21.6 Å². The molecule has 2 aromatic rings. The number of fused-ring (bicyclic) bond motifs is 1. The maximum atomic E-state index is 9.68. The van der Waals surface area contributed by atoms with E-state index in [2.05, 4.69) is 19.9 Å². The highest BCUT2D eigenvalue weighted by atomic mass is 33.1. The lowest BCUT2D eigenvalue weighted by Gasteiger charge is -2.20. The molecule has 2 aromatic heterocycles. The average molecular weight is 413 g/mol. The van der Waals surface area contributed by atoms with Crippen LogP contribution in [0.15, 0.2) is 17.6 Å². The molecule has 1 N–H and O–H groups in total. The molecule has 27 heavy (non-hydrogen) atoms. The molecular formula is C16H24N6O3S2. The van der Waals surface area contributed by atoms with Gasteiger partial charge in [-0.05, 0) is 13.2 Å². The summed E-state index contributed by atoms with van der Waals surface area (Å²) in [4.78, 5) is 19.1. The number of aliphatic hydroxyl groups excluding tert-OH is 1. The second-order valence-electron chi connectivity index (χ2n) is 6.28. The summed E-state index contributed by atoms with van der Waals surface area (Å²) >= 11 is 0. The van der Waals surface area contributed by atoms with E-state index in [1.165, 1.54) is 6.33 Å². The molecule has 0 amide bonds. The molecular weight excluding hydrogens is 388 g/mol. The van der Waals surface area contributed by atoms with Crippen LogP contribution in [0.2, 0.25) is 0 Å². The minimum atomic E-state index is -0.384. The molecule has 0 aliphatic carbocycles. The number of aromatic nitrogens is 4. The Labute approximate surface area is 166 Å². The summed E-state index contributed by atoms with van der Waals surface area (Å²) in [6.07, 6.45) is 6.53. The normalized spacial score (nSPS) is 24.1. The van der Waals surface area contributed by atoms with Crippen LogP contribution in [0.25, 0.3) is 11.2 Å². The van der Waals surface area contributed by atoms with E-state index in [9.17, 15) is 5.11 Å². The summed E-state index contributed by atoms with van der Waals surface area (Å²) in [5.41, 5.74) is 1.26. The lowest BCUT2D eigenvalue weighted by Crippen LogP contribution is -2.29. The summed E-state index contributed by atoms with van der Waals surface area (Å²) in [6.45, 7) is 1.90. The van der Waals surface area contributed by atoms with Crippen molar-refractivity contribution in [3.8, 4) is 0 Å². The van der Waals surface area contributed by atoms with Gasteiger partial charge in [0.1, 0.15) is 24.1 Å². The SMILES string of the molecule is CSS[C@H](C)OC1C[C@H](n2cnc3c(N=CN(C)C)ncnc32)O[C@@H]1CO. The van der Waals surface area contributed by atoms with Crippen molar-refractivity contribution in [2.24, 2.45) is 4.99 Å². The molecule has 1 fully saturated rings. The molecule has 3 rings (SSSR count). The Hall–Kier alpha value is -1.40. The molecule has 9 nitrogen and oxygen atoms in total. The molecule has 0 radical (unpaired) electrons. The van der Waals surface area contributed by atoms with Gasteiger partial charge in [0.05, 0.1) is 25.4 Å². The Kier molecular flexibility index (Phi) is 6.93. The Bertz CT molecular complexity index is 787. The number of hydrogen-bond donors (Lipinski definition) is 1. The molecule has 3 heterocycles. The Balaban J connectivity index is 1.82. The third-order valence-electron chi connectivity index (χ3n) is 4.02. The van der Waals surface area contributed by atoms with Gasteiger partial charge in [-0.1, -0.05) is 21.6 Å². The van der Waals surface area contributed by atoms with Gasteiger partial charge in [-0.2, -0.15) is 0 Å². The molecule has 1 aliphatic rings. The fraction of sp³-hybridized carbons (Fsp3) is 0.625. The largest absolute Gasteiger partial charge is 0.394 e. The van der Waals surface area contributed by atoms with Crippen LogP contribution in [0.1, 0.15) is 19.6 Å². The monoisotopic (exact) mass is 412 g/mol. The van der Waals surface area contributed by atoms with Gasteiger partial charge in [-0.15, -0.1) is 0 Å². The maximum absolute atomic E-state index is 9.68. The standard InChI is InChI=1S/C16H24N6O3S2/c1-10(27-26-4)24-11-5-13(25-12(11)6-23)22-9-19-14-15(20-8-21(2)3)17-7-18-16(14)22/h7-13,23H,5-6H2,1-4H3/t10-,11?,12-,13-/m1/s1. The van der Waals surface area contributed by atoms with Gasteiger partial charge in [0.2, 0.25) is 0 Å². The molecule has 1 aliphatic heterocycles. The molecule has 4 atom stereocenters. The summed E-state index contributed by atoms with van der Waals surface area (Å²) in [5.74, 6) is 0.502. The van der Waals surface area contributed by atoms with Gasteiger partial charge < -0.3 is 19.5 Å². The van der Waals surface area contributed by atoms with Gasteiger partial charge in [0.25, 0.3) is 0 Å². The quantitative estimate of drug-likeness (QED) is 0.302. The van der Waals surface area contributed by atoms with Crippen molar-refractivity contribution in [2.45, 2.75) is 37.2 Å². The smallest absolute Gasteiger partial charge is 0.184 e. The Morgan fingerprint density at radius 3 is 3.00 bits per heavy atom. The summed E-state index contributed by atoms with van der Waals surface area (Å²) in [5, 5.41) is 9.68. The van der Waals surface area contributed by atoms with Crippen molar-refractivity contribution < 1.29 is 14.6 Å². The van der Waals surface area contributed by atoms with Crippen LogP contribution in [-0.2, 0) is 9.47 Å². The third-order valence-corrected chi connectivity index (χ3v) is 5.98. The molecule has 148 valence electrons. The van der Waals surface area contributed by atoms with Crippen LogP contribution < -0.4 is 0 Å². The van der Waals surface area contributed by atoms with E-state index in [4.69, 9.17) is 9.47 Å². The number of nitrogens with zero attached hydrogens (tertiary/aromatic N) is 6. The van der Waals surface area contributed by atoms with Crippen molar-refractivity contribution in [3.05, 3.63) is 12.7 Å². The average Bonchev–Trinajstić information content (AvgIpc) is 3.23. The Morgan fingerprint density at radius 1 is 1.48 bits per heavy atom. The highest BCUT2D eigenvalue weighted by Gasteiger charge is 2.38. The van der Waals surface area contributed by atoms with Gasteiger partial charge >= 0.3 is 0 Å². The minimum Gasteiger partial charge on any atom is -0.394 e. The van der Waals surface area contributed by atoms with Gasteiger partial charge in [0.15, 0.2) is 17.0 Å². The highest BCUT2D eigenvalue weighted by molar-refractivity contribution is 8.76. The van der Waals surface area contributed by atoms with E-state index in [-0.39, 0.29) is 30.5 Å². The minimum absolute atomic E-state index is 0.00947. The fourth-order valence-electron chi connectivity index (χ4n) is 2.90. The predicted octanol–water partition coefficient (Wildman–Crippen LogP) is 2.07. The molecule has 0 aromatic carbocycles. The molecule has 0 saturated carbocycles. The second kappa shape index (κ2) is 9.20. The molecule has 0 spiro atoms. The first-order valence-corrected chi connectivity index (χ1v) is 11.1. The molecule has 1 unspecified atom stereocenters. The van der Waals surface area contributed by atoms with Crippen molar-refractivity contribution in [1.82, 2.24) is 24.4 Å². The van der Waals surface area contributed by atoms with E-state index in [0.717, 1.165) is 0 Å². The molecule has 11 heteroatoms. The first-order chi connectivity index (χ1) is 13.0. The first-order valence-electron chi connectivity index (χ1n) is 8.52. The molecule has 1 saturated heterocycles. The van der Waals surface area contributed by atoms with E-state index in [0.29, 0.717) is 23.4 Å².